The minimum atomic E-state index is -1.40. The van der Waals surface area contributed by atoms with Crippen molar-refractivity contribution in [2.75, 3.05) is 0 Å². The number of hydrogen-bond donors (Lipinski definition) is 4. The Morgan fingerprint density at radius 2 is 1.11 bits per heavy atom. The molecule has 0 bridgehead atoms. The fourth-order valence-corrected chi connectivity index (χ4v) is 3.30. The first-order chi connectivity index (χ1) is 8.54. The summed E-state index contributed by atoms with van der Waals surface area (Å²) in [4.78, 5) is 0. The summed E-state index contributed by atoms with van der Waals surface area (Å²) < 4.78 is 11.6. The van der Waals surface area contributed by atoms with Crippen molar-refractivity contribution in [1.82, 2.24) is 0 Å². The highest BCUT2D eigenvalue weighted by Crippen LogP contribution is 2.44. The molecule has 3 aliphatic rings. The SMILES string of the molecule is O[C@@H]1[C@H](O)[C@@H](O)[C@H]2OC3(CCCCC3)O[C@H]2[C@@H]1O. The molecule has 1 spiro atoms. The Kier molecular flexibility index (Phi) is 3.12. The van der Waals surface area contributed by atoms with Gasteiger partial charge in [0.25, 0.3) is 0 Å². The Labute approximate surface area is 105 Å². The summed E-state index contributed by atoms with van der Waals surface area (Å²) >= 11 is 0. The van der Waals surface area contributed by atoms with Gasteiger partial charge >= 0.3 is 0 Å². The first-order valence-electron chi connectivity index (χ1n) is 6.62. The van der Waals surface area contributed by atoms with Gasteiger partial charge in [0, 0.05) is 12.8 Å². The van der Waals surface area contributed by atoms with Crippen LogP contribution in [0.25, 0.3) is 0 Å². The summed E-state index contributed by atoms with van der Waals surface area (Å²) in [5.41, 5.74) is 0. The van der Waals surface area contributed by atoms with E-state index < -0.39 is 42.4 Å². The van der Waals surface area contributed by atoms with Gasteiger partial charge in [-0.25, -0.2) is 0 Å². The molecule has 0 amide bonds. The molecule has 3 fully saturated rings. The quantitative estimate of drug-likeness (QED) is 0.441. The normalized spacial score (nSPS) is 51.3. The van der Waals surface area contributed by atoms with Gasteiger partial charge in [0.1, 0.15) is 36.6 Å². The van der Waals surface area contributed by atoms with Crippen molar-refractivity contribution in [2.24, 2.45) is 0 Å². The molecule has 0 aromatic rings. The molecule has 0 aromatic heterocycles. The van der Waals surface area contributed by atoms with Crippen LogP contribution in [0.5, 0.6) is 0 Å². The minimum absolute atomic E-state index is 0.728. The smallest absolute Gasteiger partial charge is 0.169 e. The molecule has 18 heavy (non-hydrogen) atoms. The van der Waals surface area contributed by atoms with Crippen LogP contribution in [-0.2, 0) is 9.47 Å². The molecule has 2 aliphatic carbocycles. The van der Waals surface area contributed by atoms with Crippen LogP contribution in [0.15, 0.2) is 0 Å². The molecule has 1 aliphatic heterocycles. The molecule has 104 valence electrons. The maximum Gasteiger partial charge on any atom is 0.169 e. The summed E-state index contributed by atoms with van der Waals surface area (Å²) in [6, 6.07) is 0. The summed E-state index contributed by atoms with van der Waals surface area (Å²) in [5, 5.41) is 39.2. The molecule has 6 atom stereocenters. The summed E-state index contributed by atoms with van der Waals surface area (Å²) in [7, 11) is 0. The third kappa shape index (κ3) is 1.79. The molecule has 4 N–H and O–H groups in total. The van der Waals surface area contributed by atoms with Gasteiger partial charge in [-0.2, -0.15) is 0 Å². The monoisotopic (exact) mass is 260 g/mol. The highest BCUT2D eigenvalue weighted by molar-refractivity contribution is 5.04. The van der Waals surface area contributed by atoms with E-state index in [0.717, 1.165) is 32.1 Å². The van der Waals surface area contributed by atoms with Crippen LogP contribution in [0.3, 0.4) is 0 Å². The lowest BCUT2D eigenvalue weighted by Gasteiger charge is -2.38. The second-order valence-corrected chi connectivity index (χ2v) is 5.60. The van der Waals surface area contributed by atoms with Crippen LogP contribution < -0.4 is 0 Å². The molecular formula is C12H20O6. The van der Waals surface area contributed by atoms with Crippen molar-refractivity contribution < 1.29 is 29.9 Å². The third-order valence-corrected chi connectivity index (χ3v) is 4.36. The second-order valence-electron chi connectivity index (χ2n) is 5.60. The number of rotatable bonds is 0. The Hall–Kier alpha value is -0.240. The molecule has 2 saturated carbocycles. The predicted molar refractivity (Wildman–Crippen MR) is 59.6 cm³/mol. The Morgan fingerprint density at radius 3 is 1.56 bits per heavy atom. The molecule has 6 heteroatoms. The van der Waals surface area contributed by atoms with E-state index in [1.807, 2.05) is 0 Å². The van der Waals surface area contributed by atoms with Crippen molar-refractivity contribution >= 4 is 0 Å². The predicted octanol–water partition coefficient (Wildman–Crippen LogP) is -1.11. The van der Waals surface area contributed by atoms with Crippen molar-refractivity contribution in [3.63, 3.8) is 0 Å². The fraction of sp³-hybridized carbons (Fsp3) is 1.00. The molecular weight excluding hydrogens is 240 g/mol. The molecule has 1 heterocycles. The van der Waals surface area contributed by atoms with Gasteiger partial charge in [-0.05, 0) is 12.8 Å². The van der Waals surface area contributed by atoms with Crippen LogP contribution >= 0.6 is 0 Å². The molecule has 0 radical (unpaired) electrons. The zero-order valence-corrected chi connectivity index (χ0v) is 10.1. The summed E-state index contributed by atoms with van der Waals surface area (Å²) in [6.45, 7) is 0. The third-order valence-electron chi connectivity index (χ3n) is 4.36. The average molecular weight is 260 g/mol. The molecule has 0 unspecified atom stereocenters. The average Bonchev–Trinajstić information content (AvgIpc) is 2.74. The van der Waals surface area contributed by atoms with Crippen LogP contribution in [0.1, 0.15) is 32.1 Å². The second kappa shape index (κ2) is 4.40. The lowest BCUT2D eigenvalue weighted by atomic mass is 9.85. The van der Waals surface area contributed by atoms with Gasteiger partial charge in [0.2, 0.25) is 0 Å². The maximum absolute atomic E-state index is 9.92. The molecule has 1 saturated heterocycles. The maximum atomic E-state index is 9.92. The van der Waals surface area contributed by atoms with Gasteiger partial charge in [-0.3, -0.25) is 0 Å². The molecule has 0 aromatic carbocycles. The van der Waals surface area contributed by atoms with Gasteiger partial charge < -0.3 is 29.9 Å². The van der Waals surface area contributed by atoms with E-state index in [1.165, 1.54) is 0 Å². The Morgan fingerprint density at radius 1 is 0.667 bits per heavy atom. The van der Waals surface area contributed by atoms with Gasteiger partial charge in [-0.1, -0.05) is 6.42 Å². The van der Waals surface area contributed by atoms with Gasteiger partial charge in [0.15, 0.2) is 5.79 Å². The Bertz CT molecular complexity index is 292. The number of ether oxygens (including phenoxy) is 2. The van der Waals surface area contributed by atoms with Crippen molar-refractivity contribution in [3.8, 4) is 0 Å². The number of aliphatic hydroxyl groups is 4. The minimum Gasteiger partial charge on any atom is -0.387 e. The van der Waals surface area contributed by atoms with Gasteiger partial charge in [0.05, 0.1) is 0 Å². The van der Waals surface area contributed by atoms with Crippen molar-refractivity contribution in [2.45, 2.75) is 74.5 Å². The lowest BCUT2D eigenvalue weighted by molar-refractivity contribution is -0.203. The van der Waals surface area contributed by atoms with Crippen LogP contribution in [0.2, 0.25) is 0 Å². The van der Waals surface area contributed by atoms with E-state index in [4.69, 9.17) is 9.47 Å². The van der Waals surface area contributed by atoms with E-state index in [0.29, 0.717) is 0 Å². The number of aliphatic hydroxyl groups excluding tert-OH is 4. The van der Waals surface area contributed by atoms with E-state index in [1.54, 1.807) is 0 Å². The number of hydrogen-bond acceptors (Lipinski definition) is 6. The Balaban J connectivity index is 1.82. The van der Waals surface area contributed by atoms with Crippen molar-refractivity contribution in [1.29, 1.82) is 0 Å². The molecule has 3 rings (SSSR count). The van der Waals surface area contributed by atoms with Crippen LogP contribution in [0.4, 0.5) is 0 Å². The summed E-state index contributed by atoms with van der Waals surface area (Å²) in [5.74, 6) is -0.751. The van der Waals surface area contributed by atoms with E-state index in [9.17, 15) is 20.4 Å². The lowest BCUT2D eigenvalue weighted by Crippen LogP contribution is -2.62. The first kappa shape index (κ1) is 12.8. The van der Waals surface area contributed by atoms with Crippen molar-refractivity contribution in [3.05, 3.63) is 0 Å². The summed E-state index contributed by atoms with van der Waals surface area (Å²) in [6.07, 6.45) is -2.24. The standard InChI is InChI=1S/C12H20O6/c13-6-7(14)9(16)11-10(8(6)15)17-12(18-11)4-2-1-3-5-12/h6-11,13-16H,1-5H2/t6-,7+,8-,9-,10+,11-/m1/s1. The molecule has 6 nitrogen and oxygen atoms in total. The highest BCUT2D eigenvalue weighted by atomic mass is 16.8. The topological polar surface area (TPSA) is 99.4 Å². The number of fused-ring (bicyclic) bond motifs is 1. The van der Waals surface area contributed by atoms with Gasteiger partial charge in [-0.15, -0.1) is 0 Å². The highest BCUT2D eigenvalue weighted by Gasteiger charge is 2.59. The van der Waals surface area contributed by atoms with E-state index >= 15 is 0 Å². The zero-order valence-electron chi connectivity index (χ0n) is 10.1. The first-order valence-corrected chi connectivity index (χ1v) is 6.62. The fourth-order valence-electron chi connectivity index (χ4n) is 3.30. The van der Waals surface area contributed by atoms with E-state index in [2.05, 4.69) is 0 Å². The van der Waals surface area contributed by atoms with Crippen LogP contribution in [-0.4, -0.2) is 62.8 Å². The largest absolute Gasteiger partial charge is 0.387 e. The van der Waals surface area contributed by atoms with E-state index in [-0.39, 0.29) is 0 Å². The van der Waals surface area contributed by atoms with Crippen LogP contribution in [0, 0.1) is 0 Å². The zero-order chi connectivity index (χ0) is 12.9.